The summed E-state index contributed by atoms with van der Waals surface area (Å²) in [6.07, 6.45) is -3.94. The zero-order valence-corrected chi connectivity index (χ0v) is 10.1. The van der Waals surface area contributed by atoms with Gasteiger partial charge in [0.05, 0.1) is 0 Å². The Labute approximate surface area is 98.9 Å². The number of alkyl halides is 3. The molecule has 1 atom stereocenters. The molecule has 2 N–H and O–H groups in total. The lowest BCUT2D eigenvalue weighted by Gasteiger charge is -2.22. The summed E-state index contributed by atoms with van der Waals surface area (Å²) in [5.41, 5.74) is 5.37. The van der Waals surface area contributed by atoms with Crippen LogP contribution in [-0.2, 0) is 4.74 Å². The summed E-state index contributed by atoms with van der Waals surface area (Å²) in [4.78, 5) is 12.5. The minimum Gasteiger partial charge on any atom is -0.440 e. The van der Waals surface area contributed by atoms with Crippen molar-refractivity contribution in [3.63, 3.8) is 0 Å². The second-order valence-electron chi connectivity index (χ2n) is 3.39. The third-order valence-corrected chi connectivity index (χ3v) is 2.24. The number of rotatable bonds is 2. The molecule has 1 amide bonds. The van der Waals surface area contributed by atoms with Crippen molar-refractivity contribution >= 4 is 6.09 Å². The predicted octanol–water partition coefficient (Wildman–Crippen LogP) is 2.13. The van der Waals surface area contributed by atoms with Gasteiger partial charge in [-0.2, -0.15) is 13.2 Å². The van der Waals surface area contributed by atoms with Crippen LogP contribution >= 0.6 is 0 Å². The van der Waals surface area contributed by atoms with Gasteiger partial charge in [0.2, 0.25) is 0 Å². The zero-order valence-electron chi connectivity index (χ0n) is 10.1. The summed E-state index contributed by atoms with van der Waals surface area (Å²) in [6.45, 7) is 3.12. The second-order valence-corrected chi connectivity index (χ2v) is 3.39. The highest BCUT2D eigenvalue weighted by molar-refractivity contribution is 5.68. The van der Waals surface area contributed by atoms with E-state index in [-0.39, 0.29) is 12.6 Å². The number of amides is 1. The number of nitrogens with zero attached hydrogens (tertiary/aromatic N) is 1. The lowest BCUT2D eigenvalue weighted by atomic mass is 10.2. The molecule has 102 valence electrons. The van der Waals surface area contributed by atoms with Crippen molar-refractivity contribution in [1.29, 1.82) is 0 Å². The lowest BCUT2D eigenvalue weighted by molar-refractivity contribution is -0.162. The molecule has 7 heteroatoms. The van der Waals surface area contributed by atoms with Crippen LogP contribution in [0.1, 0.15) is 26.7 Å². The van der Waals surface area contributed by atoms with E-state index >= 15 is 0 Å². The molecule has 0 bridgehead atoms. The van der Waals surface area contributed by atoms with Gasteiger partial charge in [-0.15, -0.1) is 0 Å². The van der Waals surface area contributed by atoms with E-state index in [4.69, 9.17) is 5.73 Å². The third kappa shape index (κ3) is 5.76. The van der Waals surface area contributed by atoms with Gasteiger partial charge in [0.25, 0.3) is 0 Å². The van der Waals surface area contributed by atoms with E-state index in [1.54, 1.807) is 0 Å². The molecule has 1 heterocycles. The van der Waals surface area contributed by atoms with Gasteiger partial charge >= 0.3 is 12.3 Å². The van der Waals surface area contributed by atoms with Crippen molar-refractivity contribution in [3.05, 3.63) is 0 Å². The quantitative estimate of drug-likeness (QED) is 0.823. The van der Waals surface area contributed by atoms with E-state index in [1.165, 1.54) is 4.90 Å². The first kappa shape index (κ1) is 16.0. The summed E-state index contributed by atoms with van der Waals surface area (Å²) in [7, 11) is 0. The Bertz CT molecular complexity index is 234. The van der Waals surface area contributed by atoms with Crippen LogP contribution in [0.2, 0.25) is 0 Å². The van der Waals surface area contributed by atoms with Crippen molar-refractivity contribution in [1.82, 2.24) is 4.90 Å². The van der Waals surface area contributed by atoms with Crippen molar-refractivity contribution < 1.29 is 22.7 Å². The van der Waals surface area contributed by atoms with Gasteiger partial charge in [-0.3, -0.25) is 0 Å². The van der Waals surface area contributed by atoms with Crippen LogP contribution in [0.25, 0.3) is 0 Å². The Morgan fingerprint density at radius 3 is 2.53 bits per heavy atom. The van der Waals surface area contributed by atoms with E-state index in [0.717, 1.165) is 12.8 Å². The average Bonchev–Trinajstić information content (AvgIpc) is 2.75. The number of hydrogen-bond donors (Lipinski definition) is 1. The molecule has 1 saturated heterocycles. The number of likely N-dealkylation sites (tertiary alicyclic amines) is 1. The van der Waals surface area contributed by atoms with Crippen molar-refractivity contribution in [2.24, 2.45) is 5.73 Å². The second kappa shape index (κ2) is 7.37. The molecule has 0 aromatic carbocycles. The molecule has 0 saturated carbocycles. The normalized spacial score (nSPS) is 19.6. The summed E-state index contributed by atoms with van der Waals surface area (Å²) >= 11 is 0. The minimum atomic E-state index is -4.48. The number of nitrogens with two attached hydrogens (primary N) is 1. The smallest absolute Gasteiger partial charge is 0.422 e. The minimum absolute atomic E-state index is 0.189. The molecule has 0 spiro atoms. The van der Waals surface area contributed by atoms with Crippen LogP contribution in [0.4, 0.5) is 18.0 Å². The van der Waals surface area contributed by atoms with E-state index < -0.39 is 18.9 Å². The van der Waals surface area contributed by atoms with Crippen molar-refractivity contribution in [2.75, 3.05) is 19.7 Å². The largest absolute Gasteiger partial charge is 0.440 e. The fourth-order valence-corrected chi connectivity index (χ4v) is 1.55. The Morgan fingerprint density at radius 2 is 2.06 bits per heavy atom. The van der Waals surface area contributed by atoms with E-state index in [1.807, 2.05) is 13.8 Å². The van der Waals surface area contributed by atoms with E-state index in [0.29, 0.717) is 6.54 Å². The van der Waals surface area contributed by atoms with Gasteiger partial charge < -0.3 is 15.4 Å². The highest BCUT2D eigenvalue weighted by Gasteiger charge is 2.33. The highest BCUT2D eigenvalue weighted by Crippen LogP contribution is 2.19. The van der Waals surface area contributed by atoms with E-state index in [9.17, 15) is 18.0 Å². The first-order valence-corrected chi connectivity index (χ1v) is 5.64. The van der Waals surface area contributed by atoms with Gasteiger partial charge in [0.1, 0.15) is 0 Å². The van der Waals surface area contributed by atoms with Crippen molar-refractivity contribution in [3.8, 4) is 0 Å². The molecule has 4 nitrogen and oxygen atoms in total. The van der Waals surface area contributed by atoms with Crippen LogP contribution < -0.4 is 5.73 Å². The molecule has 1 fully saturated rings. The SMILES string of the molecule is CC.NC[C@@H]1CCCN1C(=O)OCC(F)(F)F. The van der Waals surface area contributed by atoms with Gasteiger partial charge in [-0.25, -0.2) is 4.79 Å². The highest BCUT2D eigenvalue weighted by atomic mass is 19.4. The fraction of sp³-hybridized carbons (Fsp3) is 0.900. The predicted molar refractivity (Wildman–Crippen MR) is 57.5 cm³/mol. The Hall–Kier alpha value is -0.980. The number of hydrogen-bond acceptors (Lipinski definition) is 3. The maximum atomic E-state index is 11.8. The van der Waals surface area contributed by atoms with Crippen molar-refractivity contribution in [2.45, 2.75) is 38.9 Å². The van der Waals surface area contributed by atoms with Crippen LogP contribution in [0.5, 0.6) is 0 Å². The number of halogens is 3. The summed E-state index contributed by atoms with van der Waals surface area (Å²) < 4.78 is 39.4. The van der Waals surface area contributed by atoms with Gasteiger partial charge in [0, 0.05) is 19.1 Å². The van der Waals surface area contributed by atoms with Crippen LogP contribution in [-0.4, -0.2) is 42.9 Å². The first-order valence-electron chi connectivity index (χ1n) is 5.64. The van der Waals surface area contributed by atoms with Gasteiger partial charge in [-0.05, 0) is 12.8 Å². The molecular weight excluding hydrogens is 237 g/mol. The molecule has 17 heavy (non-hydrogen) atoms. The molecule has 1 rings (SSSR count). The zero-order chi connectivity index (χ0) is 13.5. The molecular formula is C10H19F3N2O2. The summed E-state index contributed by atoms with van der Waals surface area (Å²) in [5, 5.41) is 0. The molecule has 1 aliphatic rings. The Morgan fingerprint density at radius 1 is 1.47 bits per heavy atom. The number of ether oxygens (including phenoxy) is 1. The molecule has 0 aliphatic carbocycles. The van der Waals surface area contributed by atoms with Crippen LogP contribution in [0, 0.1) is 0 Å². The first-order chi connectivity index (χ1) is 7.94. The van der Waals surface area contributed by atoms with Gasteiger partial charge in [0.15, 0.2) is 6.61 Å². The molecule has 0 aromatic heterocycles. The molecule has 1 aliphatic heterocycles. The summed E-state index contributed by atoms with van der Waals surface area (Å²) in [5.74, 6) is 0. The topological polar surface area (TPSA) is 55.6 Å². The summed E-state index contributed by atoms with van der Waals surface area (Å²) in [6, 6.07) is -0.189. The maximum Gasteiger partial charge on any atom is 0.422 e. The standard InChI is InChI=1S/C8H13F3N2O2.C2H6/c9-8(10,11)5-15-7(14)13-3-1-2-6(13)4-12;1-2/h6H,1-5,12H2;1-2H3/t6-;/m0./s1. The van der Waals surface area contributed by atoms with Crippen LogP contribution in [0.3, 0.4) is 0 Å². The molecule has 0 unspecified atom stereocenters. The number of carbonyl (C=O) groups excluding carboxylic acids is 1. The number of carbonyl (C=O) groups is 1. The lowest BCUT2D eigenvalue weighted by Crippen LogP contribution is -2.41. The fourth-order valence-electron chi connectivity index (χ4n) is 1.55. The maximum absolute atomic E-state index is 11.8. The van der Waals surface area contributed by atoms with Gasteiger partial charge in [-0.1, -0.05) is 13.8 Å². The third-order valence-electron chi connectivity index (χ3n) is 2.24. The van der Waals surface area contributed by atoms with E-state index in [2.05, 4.69) is 4.74 Å². The van der Waals surface area contributed by atoms with Crippen LogP contribution in [0.15, 0.2) is 0 Å². The Balaban J connectivity index is 0.00000121. The molecule has 0 aromatic rings. The average molecular weight is 256 g/mol. The molecule has 0 radical (unpaired) electrons. The monoisotopic (exact) mass is 256 g/mol. The Kier molecular flexibility index (Phi) is 6.94.